The van der Waals surface area contributed by atoms with Crippen LogP contribution in [0, 0.1) is 0 Å². The minimum Gasteiger partial charge on any atom is -0.368 e. The van der Waals surface area contributed by atoms with Gasteiger partial charge in [0.1, 0.15) is 5.52 Å². The van der Waals surface area contributed by atoms with Crippen molar-refractivity contribution in [3.05, 3.63) is 80.2 Å². The van der Waals surface area contributed by atoms with Crippen molar-refractivity contribution >= 4 is 44.8 Å². The summed E-state index contributed by atoms with van der Waals surface area (Å²) in [5.41, 5.74) is 11.9. The average molecular weight is 480 g/mol. The molecule has 0 fully saturated rings. The predicted octanol–water partition coefficient (Wildman–Crippen LogP) is 2.81. The molecule has 34 heavy (non-hydrogen) atoms. The van der Waals surface area contributed by atoms with Gasteiger partial charge in [0.2, 0.25) is 5.95 Å². The Morgan fingerprint density at radius 2 is 1.97 bits per heavy atom. The molecule has 4 aromatic rings. The molecule has 1 aromatic carbocycles. The number of rotatable bonds is 4. The lowest BCUT2D eigenvalue weighted by Gasteiger charge is -2.21. The van der Waals surface area contributed by atoms with Crippen LogP contribution in [0.25, 0.3) is 27.3 Å². The number of anilines is 2. The summed E-state index contributed by atoms with van der Waals surface area (Å²) in [4.78, 5) is 26.8. The number of hydrogen-bond donors (Lipinski definition) is 2. The Hall–Kier alpha value is -4.17. The Labute approximate surface area is 193 Å². The van der Waals surface area contributed by atoms with Gasteiger partial charge in [-0.25, -0.2) is 9.97 Å². The third kappa shape index (κ3) is 3.68. The molecule has 1 atom stereocenters. The number of fused-ring (bicyclic) bond motifs is 2. The molecule has 1 aliphatic carbocycles. The van der Waals surface area contributed by atoms with Gasteiger partial charge in [-0.3, -0.25) is 9.36 Å². The van der Waals surface area contributed by atoms with E-state index in [9.17, 15) is 18.0 Å². The van der Waals surface area contributed by atoms with Crippen LogP contribution in [0.1, 0.15) is 18.7 Å². The number of para-hydroxylation sites is 1. The molecule has 1 aliphatic rings. The summed E-state index contributed by atoms with van der Waals surface area (Å²) in [6.07, 6.45) is -3.99. The fourth-order valence-corrected chi connectivity index (χ4v) is 4.45. The maximum atomic E-state index is 13.7. The zero-order valence-corrected chi connectivity index (χ0v) is 18.3. The molecule has 7 nitrogen and oxygen atoms in total. The van der Waals surface area contributed by atoms with E-state index in [1.54, 1.807) is 42.8 Å². The Balaban J connectivity index is 1.77. The number of nitrogen functional groups attached to an aromatic ring is 1. The summed E-state index contributed by atoms with van der Waals surface area (Å²) in [7, 11) is 0. The van der Waals surface area contributed by atoms with Crippen LogP contribution in [0.3, 0.4) is 0 Å². The first-order chi connectivity index (χ1) is 16.2. The molecule has 0 bridgehead atoms. The standard InChI is InChI=1S/C23H15F3N6OS/c1-12(29-19-18-20(34-11-28-18)31-22(27)30-19)16-10-13-6-5-9-15(23(24,25)26)17(13)21(33)32(16)14-7-3-2-4-8-14/h2-4,7-12H,1H3,(H3,27,29,30,31)/t12-/m0/s1. The van der Waals surface area contributed by atoms with Crippen LogP contribution in [-0.2, 0) is 0 Å². The van der Waals surface area contributed by atoms with Gasteiger partial charge in [-0.2, -0.15) is 18.2 Å². The quantitative estimate of drug-likeness (QED) is 0.436. The summed E-state index contributed by atoms with van der Waals surface area (Å²) in [5, 5.41) is 2.72. The van der Waals surface area contributed by atoms with Gasteiger partial charge >= 0.3 is 6.18 Å². The highest BCUT2D eigenvalue weighted by molar-refractivity contribution is 7.16. The first-order valence-electron chi connectivity index (χ1n) is 10.0. The van der Waals surface area contributed by atoms with Crippen molar-refractivity contribution in [1.29, 1.82) is 0 Å². The largest absolute Gasteiger partial charge is 0.417 e. The highest BCUT2D eigenvalue weighted by Gasteiger charge is 2.34. The number of nitrogens with zero attached hydrogens (tertiary/aromatic N) is 4. The van der Waals surface area contributed by atoms with Gasteiger partial charge < -0.3 is 11.1 Å². The van der Waals surface area contributed by atoms with E-state index in [0.29, 0.717) is 27.5 Å². The minimum absolute atomic E-state index is 0.0108. The summed E-state index contributed by atoms with van der Waals surface area (Å²) in [5.74, 6) is 0.395. The number of pyridine rings is 1. The molecule has 0 amide bonds. The van der Waals surface area contributed by atoms with Gasteiger partial charge in [-0.1, -0.05) is 29.7 Å². The fraction of sp³-hybridized carbons (Fsp3) is 0.130. The SMILES string of the molecule is C[C@H](Nc1nc(N)nc2scnc12)c1cc2c(c(=O)n1-c1ccccc1)=C(C(F)(F)F)C=C=C=2. The van der Waals surface area contributed by atoms with E-state index in [1.807, 2.05) is 0 Å². The van der Waals surface area contributed by atoms with Gasteiger partial charge in [0.15, 0.2) is 10.6 Å². The van der Waals surface area contributed by atoms with E-state index in [2.05, 4.69) is 31.7 Å². The van der Waals surface area contributed by atoms with E-state index < -0.39 is 28.6 Å². The molecule has 11 heteroatoms. The molecule has 3 heterocycles. The van der Waals surface area contributed by atoms with Gasteiger partial charge in [-0.05, 0) is 25.1 Å². The number of allylic oxidation sites excluding steroid dienone is 1. The van der Waals surface area contributed by atoms with E-state index in [0.717, 1.165) is 6.08 Å². The smallest absolute Gasteiger partial charge is 0.368 e. The second-order valence-corrected chi connectivity index (χ2v) is 8.29. The normalized spacial score (nSPS) is 13.6. The van der Waals surface area contributed by atoms with Gasteiger partial charge in [0.25, 0.3) is 5.56 Å². The highest BCUT2D eigenvalue weighted by Crippen LogP contribution is 2.28. The summed E-state index contributed by atoms with van der Waals surface area (Å²) in [6.45, 7) is 1.76. The molecule has 5 rings (SSSR count). The van der Waals surface area contributed by atoms with Crippen molar-refractivity contribution in [1.82, 2.24) is 19.5 Å². The molecular weight excluding hydrogens is 465 g/mol. The van der Waals surface area contributed by atoms with Crippen molar-refractivity contribution in [3.8, 4) is 5.69 Å². The Kier molecular flexibility index (Phi) is 5.10. The molecule has 0 saturated carbocycles. The number of halogens is 3. The van der Waals surface area contributed by atoms with Crippen LogP contribution in [0.2, 0.25) is 0 Å². The van der Waals surface area contributed by atoms with Gasteiger partial charge in [0, 0.05) is 22.7 Å². The minimum atomic E-state index is -4.72. The Bertz CT molecular complexity index is 1700. The fourth-order valence-electron chi connectivity index (χ4n) is 3.79. The van der Waals surface area contributed by atoms with Crippen LogP contribution in [0.15, 0.2) is 58.5 Å². The lowest BCUT2D eigenvalue weighted by atomic mass is 10.1. The molecule has 0 unspecified atom stereocenters. The Morgan fingerprint density at radius 3 is 2.71 bits per heavy atom. The number of nitrogens with two attached hydrogens (primary N) is 1. The van der Waals surface area contributed by atoms with Gasteiger partial charge in [-0.15, -0.1) is 11.3 Å². The number of nitrogens with one attached hydrogen (secondary N) is 1. The van der Waals surface area contributed by atoms with E-state index >= 15 is 0 Å². The molecule has 170 valence electrons. The van der Waals surface area contributed by atoms with Crippen LogP contribution in [-0.4, -0.2) is 25.7 Å². The van der Waals surface area contributed by atoms with Crippen LogP contribution in [0.5, 0.6) is 0 Å². The van der Waals surface area contributed by atoms with Crippen LogP contribution < -0.4 is 27.0 Å². The maximum Gasteiger partial charge on any atom is 0.417 e. The topological polar surface area (TPSA) is 98.7 Å². The van der Waals surface area contributed by atoms with E-state index in [1.165, 1.54) is 22.0 Å². The monoisotopic (exact) mass is 480 g/mol. The summed E-state index contributed by atoms with van der Waals surface area (Å²) in [6, 6.07) is 9.37. The third-order valence-corrected chi connectivity index (χ3v) is 5.98. The van der Waals surface area contributed by atoms with Crippen molar-refractivity contribution in [2.75, 3.05) is 11.1 Å². The number of alkyl halides is 3. The highest BCUT2D eigenvalue weighted by atomic mass is 32.1. The molecule has 3 aromatic heterocycles. The zero-order valence-electron chi connectivity index (χ0n) is 17.5. The molecule has 0 spiro atoms. The summed E-state index contributed by atoms with van der Waals surface area (Å²) >= 11 is 1.29. The average Bonchev–Trinajstić information content (AvgIpc) is 3.27. The van der Waals surface area contributed by atoms with Gasteiger partial charge in [0.05, 0.1) is 22.3 Å². The molecule has 0 radical (unpaired) electrons. The number of hydrogen-bond acceptors (Lipinski definition) is 7. The van der Waals surface area contributed by atoms with Crippen LogP contribution >= 0.6 is 11.3 Å². The van der Waals surface area contributed by atoms with Crippen LogP contribution in [0.4, 0.5) is 24.9 Å². The van der Waals surface area contributed by atoms with E-state index in [-0.39, 0.29) is 11.2 Å². The maximum absolute atomic E-state index is 13.7. The first-order valence-corrected chi connectivity index (χ1v) is 10.9. The first kappa shape index (κ1) is 21.7. The molecule has 0 saturated heterocycles. The van der Waals surface area contributed by atoms with Crippen molar-refractivity contribution in [3.63, 3.8) is 0 Å². The zero-order chi connectivity index (χ0) is 24.0. The second-order valence-electron chi connectivity index (χ2n) is 7.46. The number of benzene rings is 1. The molecule has 3 N–H and O–H groups in total. The lowest BCUT2D eigenvalue weighted by molar-refractivity contribution is -0.0690. The molecule has 0 aliphatic heterocycles. The molecular formula is C23H15F3N6OS. The number of aromatic nitrogens is 4. The summed E-state index contributed by atoms with van der Waals surface area (Å²) < 4.78 is 42.4. The third-order valence-electron chi connectivity index (χ3n) is 5.26. The number of thiazole rings is 1. The Morgan fingerprint density at radius 1 is 1.21 bits per heavy atom. The predicted molar refractivity (Wildman–Crippen MR) is 124 cm³/mol. The second kappa shape index (κ2) is 8.00. The van der Waals surface area contributed by atoms with Crippen molar-refractivity contribution in [2.45, 2.75) is 19.1 Å². The van der Waals surface area contributed by atoms with E-state index in [4.69, 9.17) is 5.73 Å². The lowest BCUT2D eigenvalue weighted by Crippen LogP contribution is -2.49. The van der Waals surface area contributed by atoms with Crippen molar-refractivity contribution in [2.24, 2.45) is 0 Å². The van der Waals surface area contributed by atoms with Crippen molar-refractivity contribution < 1.29 is 13.2 Å².